The van der Waals surface area contributed by atoms with Crippen molar-refractivity contribution < 1.29 is 24.2 Å². The Morgan fingerprint density at radius 2 is 2.21 bits per heavy atom. The van der Waals surface area contributed by atoms with Crippen LogP contribution in [0.15, 0.2) is 37.1 Å². The largest absolute Gasteiger partial charge is 0.447 e. The van der Waals surface area contributed by atoms with Crippen molar-refractivity contribution in [3.8, 4) is 0 Å². The number of carbonyl (C=O) groups excluding carboxylic acids is 2. The molecule has 0 saturated carbocycles. The lowest BCUT2D eigenvalue weighted by Gasteiger charge is -2.28. The number of amides is 2. The summed E-state index contributed by atoms with van der Waals surface area (Å²) in [6.45, 7) is 7.70. The first-order valence-corrected chi connectivity index (χ1v) is 11.7. The fraction of sp³-hybridized carbons (Fsp3) is 0.500. The number of benzene rings is 1. The molecule has 3 atom stereocenters. The van der Waals surface area contributed by atoms with Gasteiger partial charge in [0, 0.05) is 49.5 Å². The number of cyclic esters (lactones) is 1. The molecule has 1 N–H and O–H groups in total. The molecule has 0 radical (unpaired) electrons. The van der Waals surface area contributed by atoms with Crippen molar-refractivity contribution in [2.45, 2.75) is 44.4 Å². The summed E-state index contributed by atoms with van der Waals surface area (Å²) >= 11 is 0. The fourth-order valence-electron chi connectivity index (χ4n) is 5.30. The smallest absolute Gasteiger partial charge is 0.414 e. The molecule has 10 heteroatoms. The Hall–Kier alpha value is -3.24. The van der Waals surface area contributed by atoms with E-state index in [1.165, 1.54) is 0 Å². The Labute approximate surface area is 197 Å². The third kappa shape index (κ3) is 3.57. The molecule has 2 aromatic rings. The van der Waals surface area contributed by atoms with E-state index in [1.54, 1.807) is 20.6 Å². The molecule has 2 amide bonds. The molecular formula is C24H29N5O5. The Bertz CT molecular complexity index is 1120. The highest BCUT2D eigenvalue weighted by Gasteiger charge is 2.60. The van der Waals surface area contributed by atoms with Crippen LogP contribution < -0.4 is 9.80 Å². The molecule has 0 unspecified atom stereocenters. The number of nitrogens with zero attached hydrogens (tertiary/aromatic N) is 5. The van der Waals surface area contributed by atoms with Crippen LogP contribution in [0.25, 0.3) is 0 Å². The predicted octanol–water partition coefficient (Wildman–Crippen LogP) is 2.01. The topological polar surface area (TPSA) is 110 Å². The molecule has 3 aliphatic rings. The van der Waals surface area contributed by atoms with Crippen LogP contribution in [0.2, 0.25) is 0 Å². The van der Waals surface area contributed by atoms with Gasteiger partial charge in [0.25, 0.3) is 5.91 Å². The standard InChI is InChI=1S/C24H29N5O5/c1-3-8-29-21-5-4-18(28-10-12-33-23(28)32)14-20(21)24(22(29)31)16(2)13-19(34-24)6-9-27-15-17(7-11-30)25-26-27/h3-5,14-16,19,30H,1,6-13H2,2H3/t16-,19+,24+/m1/s1. The number of rotatable bonds is 8. The number of aryl methyl sites for hydroxylation is 1. The molecule has 2 saturated heterocycles. The van der Waals surface area contributed by atoms with Gasteiger partial charge in [-0.05, 0) is 31.0 Å². The van der Waals surface area contributed by atoms with E-state index < -0.39 is 5.60 Å². The molecule has 34 heavy (non-hydrogen) atoms. The van der Waals surface area contributed by atoms with Crippen molar-refractivity contribution in [2.75, 3.05) is 36.1 Å². The molecular weight excluding hydrogens is 438 g/mol. The molecule has 10 nitrogen and oxygen atoms in total. The monoisotopic (exact) mass is 467 g/mol. The molecule has 0 bridgehead atoms. The molecule has 2 fully saturated rings. The van der Waals surface area contributed by atoms with Crippen LogP contribution in [0.1, 0.15) is 31.0 Å². The maximum absolute atomic E-state index is 13.8. The Balaban J connectivity index is 1.42. The first-order valence-electron chi connectivity index (χ1n) is 11.7. The summed E-state index contributed by atoms with van der Waals surface area (Å²) in [5.41, 5.74) is 1.92. The van der Waals surface area contributed by atoms with Crippen LogP contribution in [0.3, 0.4) is 0 Å². The summed E-state index contributed by atoms with van der Waals surface area (Å²) in [5, 5.41) is 17.3. The number of hydrogen-bond donors (Lipinski definition) is 1. The van der Waals surface area contributed by atoms with Gasteiger partial charge in [-0.25, -0.2) is 4.79 Å². The van der Waals surface area contributed by atoms with Crippen molar-refractivity contribution >= 4 is 23.4 Å². The van der Waals surface area contributed by atoms with Crippen molar-refractivity contribution in [1.82, 2.24) is 15.0 Å². The number of aromatic nitrogens is 3. The lowest BCUT2D eigenvalue weighted by Crippen LogP contribution is -2.44. The number of ether oxygens (including phenoxy) is 2. The molecule has 0 aliphatic carbocycles. The second-order valence-electron chi connectivity index (χ2n) is 9.02. The summed E-state index contributed by atoms with van der Waals surface area (Å²) in [6, 6.07) is 5.63. The summed E-state index contributed by atoms with van der Waals surface area (Å²) in [5.74, 6) is -0.149. The van der Waals surface area contributed by atoms with Crippen molar-refractivity contribution in [3.63, 3.8) is 0 Å². The van der Waals surface area contributed by atoms with Crippen molar-refractivity contribution in [2.24, 2.45) is 5.92 Å². The Morgan fingerprint density at radius 1 is 1.35 bits per heavy atom. The zero-order chi connectivity index (χ0) is 23.9. The Kier molecular flexibility index (Phi) is 5.86. The molecule has 1 aromatic carbocycles. The lowest BCUT2D eigenvalue weighted by molar-refractivity contribution is -0.145. The van der Waals surface area contributed by atoms with E-state index in [1.807, 2.05) is 31.3 Å². The first kappa shape index (κ1) is 22.5. The van der Waals surface area contributed by atoms with E-state index in [0.29, 0.717) is 44.8 Å². The normalized spacial score (nSPS) is 25.9. The summed E-state index contributed by atoms with van der Waals surface area (Å²) < 4.78 is 13.4. The average Bonchev–Trinajstić information content (AvgIpc) is 3.58. The number of hydrogen-bond acceptors (Lipinski definition) is 7. The van der Waals surface area contributed by atoms with Gasteiger partial charge in [0.05, 0.1) is 24.0 Å². The molecule has 1 aromatic heterocycles. The second kappa shape index (κ2) is 8.84. The zero-order valence-electron chi connectivity index (χ0n) is 19.2. The van der Waals surface area contributed by atoms with Gasteiger partial charge < -0.3 is 19.5 Å². The molecule has 5 rings (SSSR count). The highest BCUT2D eigenvalue weighted by molar-refractivity contribution is 6.08. The minimum atomic E-state index is -1.10. The van der Waals surface area contributed by atoms with Crippen molar-refractivity contribution in [3.05, 3.63) is 48.3 Å². The van der Waals surface area contributed by atoms with Gasteiger partial charge in [-0.15, -0.1) is 11.7 Å². The van der Waals surface area contributed by atoms with Crippen LogP contribution in [0, 0.1) is 5.92 Å². The predicted molar refractivity (Wildman–Crippen MR) is 123 cm³/mol. The minimum absolute atomic E-state index is 0.0321. The van der Waals surface area contributed by atoms with E-state index in [0.717, 1.165) is 23.4 Å². The number of anilines is 2. The highest BCUT2D eigenvalue weighted by atomic mass is 16.6. The van der Waals surface area contributed by atoms with Crippen LogP contribution in [-0.4, -0.2) is 64.5 Å². The Morgan fingerprint density at radius 3 is 2.94 bits per heavy atom. The maximum atomic E-state index is 13.8. The van der Waals surface area contributed by atoms with Crippen molar-refractivity contribution in [1.29, 1.82) is 0 Å². The first-order chi connectivity index (χ1) is 16.5. The quantitative estimate of drug-likeness (QED) is 0.592. The van der Waals surface area contributed by atoms with Crippen LogP contribution in [-0.2, 0) is 32.8 Å². The van der Waals surface area contributed by atoms with Gasteiger partial charge in [-0.2, -0.15) is 0 Å². The fourth-order valence-corrected chi connectivity index (χ4v) is 5.30. The number of carbonyl (C=O) groups is 2. The summed E-state index contributed by atoms with van der Waals surface area (Å²) in [6.07, 6.45) is 4.88. The highest BCUT2D eigenvalue weighted by Crippen LogP contribution is 2.54. The van der Waals surface area contributed by atoms with Gasteiger partial charge >= 0.3 is 6.09 Å². The van der Waals surface area contributed by atoms with E-state index in [2.05, 4.69) is 16.9 Å². The summed E-state index contributed by atoms with van der Waals surface area (Å²) in [7, 11) is 0. The van der Waals surface area contributed by atoms with Gasteiger partial charge in [-0.1, -0.05) is 18.2 Å². The van der Waals surface area contributed by atoms with E-state index in [-0.39, 0.29) is 30.6 Å². The molecule has 180 valence electrons. The molecule has 3 aliphatic heterocycles. The number of aliphatic hydroxyl groups is 1. The SMILES string of the molecule is C=CCN1C(=O)[C@@]2(O[C@@H](CCn3cc(CCO)nn3)C[C@H]2C)c2cc(N3CCOC3=O)ccc21. The molecule has 1 spiro atoms. The van der Waals surface area contributed by atoms with Crippen LogP contribution >= 0.6 is 0 Å². The number of fused-ring (bicyclic) bond motifs is 2. The van der Waals surface area contributed by atoms with Gasteiger partial charge in [0.1, 0.15) is 6.61 Å². The molecule has 4 heterocycles. The van der Waals surface area contributed by atoms with E-state index in [4.69, 9.17) is 14.6 Å². The third-order valence-electron chi connectivity index (χ3n) is 6.92. The maximum Gasteiger partial charge on any atom is 0.414 e. The lowest BCUT2D eigenvalue weighted by atomic mass is 9.82. The minimum Gasteiger partial charge on any atom is -0.447 e. The van der Waals surface area contributed by atoms with Gasteiger partial charge in [0.2, 0.25) is 0 Å². The van der Waals surface area contributed by atoms with Gasteiger partial charge in [0.15, 0.2) is 5.60 Å². The zero-order valence-corrected chi connectivity index (χ0v) is 19.2. The van der Waals surface area contributed by atoms with Crippen LogP contribution in [0.4, 0.5) is 16.2 Å². The summed E-state index contributed by atoms with van der Waals surface area (Å²) in [4.78, 5) is 29.2. The average molecular weight is 468 g/mol. The van der Waals surface area contributed by atoms with E-state index >= 15 is 0 Å². The second-order valence-corrected chi connectivity index (χ2v) is 9.02. The van der Waals surface area contributed by atoms with Gasteiger partial charge in [-0.3, -0.25) is 14.4 Å². The third-order valence-corrected chi connectivity index (χ3v) is 6.92. The number of aliphatic hydroxyl groups excluding tert-OH is 1. The van der Waals surface area contributed by atoms with E-state index in [9.17, 15) is 9.59 Å². The van der Waals surface area contributed by atoms with Crippen LogP contribution in [0.5, 0.6) is 0 Å².